The summed E-state index contributed by atoms with van der Waals surface area (Å²) in [6.45, 7) is 3.72. The van der Waals surface area contributed by atoms with Crippen molar-refractivity contribution in [3.8, 4) is 11.9 Å². The number of nitriles is 1. The van der Waals surface area contributed by atoms with Crippen LogP contribution in [0.1, 0.15) is 79.1 Å². The Kier molecular flexibility index (Phi) is 6.58. The van der Waals surface area contributed by atoms with Gasteiger partial charge in [-0.15, -0.1) is 0 Å². The van der Waals surface area contributed by atoms with Crippen molar-refractivity contribution in [3.05, 3.63) is 51.2 Å². The first-order valence-corrected chi connectivity index (χ1v) is 10.4. The number of ketones is 1. The number of furan rings is 1. The molecule has 6 nitrogen and oxygen atoms in total. The van der Waals surface area contributed by atoms with Gasteiger partial charge in [0.1, 0.15) is 17.4 Å². The Morgan fingerprint density at radius 3 is 2.66 bits per heavy atom. The highest BCUT2D eigenvalue weighted by Gasteiger charge is 2.32. The predicted octanol–water partition coefficient (Wildman–Crippen LogP) is 4.55. The van der Waals surface area contributed by atoms with Crippen LogP contribution in [0.4, 0.5) is 0 Å². The van der Waals surface area contributed by atoms with Gasteiger partial charge in [0.2, 0.25) is 5.88 Å². The van der Waals surface area contributed by atoms with Crippen LogP contribution in [0.25, 0.3) is 0 Å². The third-order valence-electron chi connectivity index (χ3n) is 6.12. The Hall–Kier alpha value is -2.81. The van der Waals surface area contributed by atoms with E-state index in [-0.39, 0.29) is 40.8 Å². The first-order valence-electron chi connectivity index (χ1n) is 10.4. The molecule has 1 saturated carbocycles. The number of aromatic hydroxyl groups is 1. The monoisotopic (exact) mass is 396 g/mol. The molecule has 0 atom stereocenters. The van der Waals surface area contributed by atoms with Crippen LogP contribution in [0.15, 0.2) is 27.6 Å². The van der Waals surface area contributed by atoms with E-state index in [1.165, 1.54) is 25.5 Å². The van der Waals surface area contributed by atoms with Crippen LogP contribution in [0.5, 0.6) is 5.88 Å². The van der Waals surface area contributed by atoms with Crippen LogP contribution < -0.4 is 5.56 Å². The molecule has 2 heterocycles. The lowest BCUT2D eigenvalue weighted by atomic mass is 9.76. The van der Waals surface area contributed by atoms with Gasteiger partial charge < -0.3 is 9.52 Å². The molecule has 1 N–H and O–H groups in total. The van der Waals surface area contributed by atoms with Gasteiger partial charge >= 0.3 is 0 Å². The highest BCUT2D eigenvalue weighted by atomic mass is 16.3. The molecular formula is C23H28N2O4. The summed E-state index contributed by atoms with van der Waals surface area (Å²) in [6.07, 6.45) is 8.65. The lowest BCUT2D eigenvalue weighted by Gasteiger charge is -2.28. The molecule has 29 heavy (non-hydrogen) atoms. The van der Waals surface area contributed by atoms with Crippen LogP contribution in [-0.2, 0) is 6.54 Å². The molecule has 0 saturated heterocycles. The van der Waals surface area contributed by atoms with Gasteiger partial charge in [-0.2, -0.15) is 5.26 Å². The molecule has 0 aliphatic heterocycles. The molecule has 6 heteroatoms. The van der Waals surface area contributed by atoms with Gasteiger partial charge in [0, 0.05) is 5.92 Å². The van der Waals surface area contributed by atoms with Crippen LogP contribution in [0.3, 0.4) is 0 Å². The minimum Gasteiger partial charge on any atom is -0.494 e. The van der Waals surface area contributed by atoms with Crippen molar-refractivity contribution in [2.24, 2.45) is 11.8 Å². The molecule has 1 aliphatic carbocycles. The number of Topliss-reactive ketones (excluding diaryl/α,β-unsaturated/α-hetero) is 1. The van der Waals surface area contributed by atoms with Crippen LogP contribution in [0, 0.1) is 30.1 Å². The van der Waals surface area contributed by atoms with E-state index in [4.69, 9.17) is 4.42 Å². The zero-order chi connectivity index (χ0) is 21.0. The largest absolute Gasteiger partial charge is 0.494 e. The molecule has 0 amide bonds. The molecule has 1 aliphatic rings. The first kappa shape index (κ1) is 20.9. The molecule has 1 fully saturated rings. The number of hydrogen-bond donors (Lipinski definition) is 1. The summed E-state index contributed by atoms with van der Waals surface area (Å²) in [5.41, 5.74) is -0.346. The Labute approximate surface area is 170 Å². The quantitative estimate of drug-likeness (QED) is 0.692. The van der Waals surface area contributed by atoms with Crippen molar-refractivity contribution in [1.82, 2.24) is 4.57 Å². The summed E-state index contributed by atoms with van der Waals surface area (Å²) < 4.78 is 6.33. The maximum Gasteiger partial charge on any atom is 0.271 e. The third-order valence-corrected chi connectivity index (χ3v) is 6.12. The van der Waals surface area contributed by atoms with E-state index in [1.54, 1.807) is 19.1 Å². The minimum atomic E-state index is -0.612. The fourth-order valence-corrected chi connectivity index (χ4v) is 4.36. The van der Waals surface area contributed by atoms with E-state index in [9.17, 15) is 20.0 Å². The van der Waals surface area contributed by atoms with Gasteiger partial charge in [-0.25, -0.2) is 0 Å². The number of unbranched alkanes of at least 4 members (excludes halogenated alkanes) is 1. The smallest absolute Gasteiger partial charge is 0.271 e. The molecule has 0 radical (unpaired) electrons. The first-order chi connectivity index (χ1) is 14.0. The van der Waals surface area contributed by atoms with Crippen molar-refractivity contribution in [1.29, 1.82) is 5.26 Å². The summed E-state index contributed by atoms with van der Waals surface area (Å²) in [4.78, 5) is 26.0. The summed E-state index contributed by atoms with van der Waals surface area (Å²) in [7, 11) is 0. The van der Waals surface area contributed by atoms with Crippen LogP contribution >= 0.6 is 0 Å². The van der Waals surface area contributed by atoms with E-state index in [1.807, 2.05) is 6.07 Å². The fourth-order valence-electron chi connectivity index (χ4n) is 4.36. The van der Waals surface area contributed by atoms with Gasteiger partial charge in [-0.3, -0.25) is 14.2 Å². The number of carbonyl (C=O) groups is 1. The Bertz CT molecular complexity index is 958. The standard InChI is InChI=1S/C23H28N2O4/c1-3-4-6-16-8-10-17(11-9-16)21(26)20-15(2)19(13-24)22(27)25(23(20)28)14-18-7-5-12-29-18/h5,7,12,16-17,28H,3-4,6,8-11,14H2,1-2H3. The Morgan fingerprint density at radius 1 is 1.34 bits per heavy atom. The molecule has 0 aromatic carbocycles. The van der Waals surface area contributed by atoms with Crippen LogP contribution in [0.2, 0.25) is 0 Å². The van der Waals surface area contributed by atoms with Gasteiger partial charge in [0.25, 0.3) is 5.56 Å². The van der Waals surface area contributed by atoms with Gasteiger partial charge in [-0.05, 0) is 56.2 Å². The normalized spacial score (nSPS) is 19.1. The van der Waals surface area contributed by atoms with Crippen molar-refractivity contribution in [2.75, 3.05) is 0 Å². The summed E-state index contributed by atoms with van der Waals surface area (Å²) >= 11 is 0. The molecular weight excluding hydrogens is 368 g/mol. The molecule has 2 aromatic rings. The number of hydrogen-bond acceptors (Lipinski definition) is 5. The molecule has 3 rings (SSSR count). The summed E-state index contributed by atoms with van der Waals surface area (Å²) in [5.74, 6) is 0.402. The maximum absolute atomic E-state index is 13.3. The molecule has 0 spiro atoms. The van der Waals surface area contributed by atoms with Gasteiger partial charge in [0.05, 0.1) is 18.4 Å². The second kappa shape index (κ2) is 9.13. The molecule has 2 aromatic heterocycles. The van der Waals surface area contributed by atoms with Crippen LogP contribution in [-0.4, -0.2) is 15.5 Å². The Morgan fingerprint density at radius 2 is 2.07 bits per heavy atom. The zero-order valence-electron chi connectivity index (χ0n) is 17.1. The summed E-state index contributed by atoms with van der Waals surface area (Å²) in [6, 6.07) is 5.27. The van der Waals surface area contributed by atoms with Crippen molar-refractivity contribution in [2.45, 2.75) is 65.3 Å². The number of aromatic nitrogens is 1. The highest BCUT2D eigenvalue weighted by molar-refractivity contribution is 6.01. The average Bonchev–Trinajstić information content (AvgIpc) is 3.23. The summed E-state index contributed by atoms with van der Waals surface area (Å²) in [5, 5.41) is 20.3. The lowest BCUT2D eigenvalue weighted by Crippen LogP contribution is -2.29. The zero-order valence-corrected chi connectivity index (χ0v) is 17.1. The molecule has 154 valence electrons. The SMILES string of the molecule is CCCCC1CCC(C(=O)c2c(C)c(C#N)c(=O)n(Cc3ccco3)c2O)CC1. The fraction of sp³-hybridized carbons (Fsp3) is 0.522. The second-order valence-electron chi connectivity index (χ2n) is 8.01. The number of carbonyl (C=O) groups excluding carboxylic acids is 1. The third kappa shape index (κ3) is 4.29. The highest BCUT2D eigenvalue weighted by Crippen LogP contribution is 2.36. The van der Waals surface area contributed by atoms with E-state index in [0.717, 1.165) is 30.3 Å². The van der Waals surface area contributed by atoms with Gasteiger partial charge in [-0.1, -0.05) is 26.2 Å². The second-order valence-corrected chi connectivity index (χ2v) is 8.01. The van der Waals surface area contributed by atoms with Gasteiger partial charge in [0.15, 0.2) is 5.78 Å². The van der Waals surface area contributed by atoms with Crippen molar-refractivity contribution in [3.63, 3.8) is 0 Å². The Balaban J connectivity index is 1.91. The minimum absolute atomic E-state index is 0.0311. The number of pyridine rings is 1. The van der Waals surface area contributed by atoms with Crippen molar-refractivity contribution >= 4 is 5.78 Å². The maximum atomic E-state index is 13.3. The average molecular weight is 396 g/mol. The van der Waals surface area contributed by atoms with E-state index >= 15 is 0 Å². The predicted molar refractivity (Wildman–Crippen MR) is 109 cm³/mol. The lowest BCUT2D eigenvalue weighted by molar-refractivity contribution is 0.0864. The van der Waals surface area contributed by atoms with E-state index in [0.29, 0.717) is 11.7 Å². The number of rotatable bonds is 7. The van der Waals surface area contributed by atoms with E-state index in [2.05, 4.69) is 6.92 Å². The molecule has 0 unspecified atom stereocenters. The number of nitrogens with zero attached hydrogens (tertiary/aromatic N) is 2. The van der Waals surface area contributed by atoms with Crippen molar-refractivity contribution < 1.29 is 14.3 Å². The van der Waals surface area contributed by atoms with E-state index < -0.39 is 5.56 Å². The topological polar surface area (TPSA) is 96.2 Å². The molecule has 0 bridgehead atoms.